The van der Waals surface area contributed by atoms with E-state index in [2.05, 4.69) is 11.2 Å². The van der Waals surface area contributed by atoms with E-state index in [9.17, 15) is 20.2 Å². The zero-order valence-electron chi connectivity index (χ0n) is 20.4. The van der Waals surface area contributed by atoms with Crippen molar-refractivity contribution in [2.24, 2.45) is 0 Å². The molecule has 10 nitrogen and oxygen atoms in total. The van der Waals surface area contributed by atoms with Gasteiger partial charge in [0, 0.05) is 23.4 Å². The zero-order chi connectivity index (χ0) is 25.9. The van der Waals surface area contributed by atoms with Gasteiger partial charge in [-0.3, -0.25) is 14.8 Å². The number of amides is 1. The van der Waals surface area contributed by atoms with Crippen LogP contribution in [0.3, 0.4) is 0 Å². The number of nitro groups is 1. The van der Waals surface area contributed by atoms with Crippen LogP contribution in [0.15, 0.2) is 60.9 Å². The normalized spacial score (nSPS) is 14.4. The lowest BCUT2D eigenvalue weighted by molar-refractivity contribution is -0.385. The maximum Gasteiger partial charge on any atom is 0.410 e. The molecule has 3 aromatic rings. The van der Waals surface area contributed by atoms with E-state index in [1.165, 1.54) is 11.0 Å². The van der Waals surface area contributed by atoms with Gasteiger partial charge in [-0.2, -0.15) is 10.4 Å². The van der Waals surface area contributed by atoms with Crippen LogP contribution in [0.2, 0.25) is 0 Å². The standard InChI is InChI=1S/C26H27N5O5/c1-25(2,3)36-24(32)29-17-26(18-29,12-13-27)30-15-20(14-28-30)21-10-7-11-22(31(33)34)23(21)35-16-19-8-5-4-6-9-19/h4-11,14-15H,12,16-18H2,1-3H3. The average molecular weight is 490 g/mol. The molecule has 0 atom stereocenters. The Morgan fingerprint density at radius 1 is 1.19 bits per heavy atom. The first-order valence-electron chi connectivity index (χ1n) is 11.5. The number of hydrogen-bond acceptors (Lipinski definition) is 7. The van der Waals surface area contributed by atoms with E-state index in [-0.39, 0.29) is 37.6 Å². The third kappa shape index (κ3) is 5.15. The van der Waals surface area contributed by atoms with Gasteiger partial charge in [0.05, 0.1) is 36.7 Å². The van der Waals surface area contributed by atoms with Crippen LogP contribution in [-0.2, 0) is 16.9 Å². The quantitative estimate of drug-likeness (QED) is 0.342. The van der Waals surface area contributed by atoms with Gasteiger partial charge in [-0.25, -0.2) is 4.79 Å². The van der Waals surface area contributed by atoms with Crippen molar-refractivity contribution in [3.63, 3.8) is 0 Å². The van der Waals surface area contributed by atoms with Gasteiger partial charge >= 0.3 is 11.8 Å². The van der Waals surface area contributed by atoms with Gasteiger partial charge in [0.25, 0.3) is 0 Å². The van der Waals surface area contributed by atoms with Crippen LogP contribution in [0, 0.1) is 21.4 Å². The highest BCUT2D eigenvalue weighted by atomic mass is 16.6. The van der Waals surface area contributed by atoms with Crippen LogP contribution >= 0.6 is 0 Å². The number of likely N-dealkylation sites (tertiary alicyclic amines) is 1. The number of rotatable bonds is 7. The summed E-state index contributed by atoms with van der Waals surface area (Å²) < 4.78 is 13.0. The molecule has 0 saturated carbocycles. The number of carbonyl (C=O) groups excluding carboxylic acids is 1. The summed E-state index contributed by atoms with van der Waals surface area (Å²) in [6.45, 7) is 6.08. The second-order valence-electron chi connectivity index (χ2n) is 9.75. The molecule has 0 spiro atoms. The van der Waals surface area contributed by atoms with E-state index in [0.717, 1.165) is 5.56 Å². The molecule has 36 heavy (non-hydrogen) atoms. The maximum atomic E-state index is 12.4. The van der Waals surface area contributed by atoms with Crippen molar-refractivity contribution in [2.75, 3.05) is 13.1 Å². The lowest BCUT2D eigenvalue weighted by atomic mass is 9.87. The molecule has 0 unspecified atom stereocenters. The van der Waals surface area contributed by atoms with E-state index in [1.807, 2.05) is 30.3 Å². The minimum atomic E-state index is -0.713. The molecule has 1 aromatic heterocycles. The average Bonchev–Trinajstić information content (AvgIpc) is 3.29. The maximum absolute atomic E-state index is 12.4. The molecular weight excluding hydrogens is 462 g/mol. The Labute approximate surface area is 208 Å². The minimum Gasteiger partial charge on any atom is -0.482 e. The SMILES string of the molecule is CC(C)(C)OC(=O)N1CC(CC#N)(n2cc(-c3cccc([N+](=O)[O-])c3OCc3ccccc3)cn2)C1. The topological polar surface area (TPSA) is 124 Å². The third-order valence-electron chi connectivity index (χ3n) is 5.83. The van der Waals surface area contributed by atoms with Crippen LogP contribution in [0.1, 0.15) is 32.8 Å². The van der Waals surface area contributed by atoms with Crippen molar-refractivity contribution in [1.29, 1.82) is 5.26 Å². The number of hydrogen-bond donors (Lipinski definition) is 0. The summed E-state index contributed by atoms with van der Waals surface area (Å²) in [5.41, 5.74) is 0.512. The highest BCUT2D eigenvalue weighted by Gasteiger charge is 2.49. The van der Waals surface area contributed by atoms with Gasteiger partial charge < -0.3 is 14.4 Å². The second kappa shape index (κ2) is 9.70. The van der Waals surface area contributed by atoms with Crippen molar-refractivity contribution < 1.29 is 19.2 Å². The van der Waals surface area contributed by atoms with Crippen LogP contribution in [0.5, 0.6) is 5.75 Å². The number of nitro benzene ring substituents is 1. The molecular formula is C26H27N5O5. The molecule has 0 bridgehead atoms. The molecule has 1 amide bonds. The highest BCUT2D eigenvalue weighted by molar-refractivity contribution is 5.75. The smallest absolute Gasteiger partial charge is 0.410 e. The minimum absolute atomic E-state index is 0.139. The molecule has 1 aliphatic rings. The summed E-state index contributed by atoms with van der Waals surface area (Å²) in [6.07, 6.45) is 3.01. The Balaban J connectivity index is 1.61. The van der Waals surface area contributed by atoms with Crippen molar-refractivity contribution in [3.8, 4) is 22.9 Å². The molecule has 10 heteroatoms. The van der Waals surface area contributed by atoms with Crippen LogP contribution < -0.4 is 4.74 Å². The van der Waals surface area contributed by atoms with E-state index in [1.54, 1.807) is 50.0 Å². The predicted octanol–water partition coefficient (Wildman–Crippen LogP) is 4.90. The first-order chi connectivity index (χ1) is 17.1. The predicted molar refractivity (Wildman–Crippen MR) is 131 cm³/mol. The van der Waals surface area contributed by atoms with E-state index in [4.69, 9.17) is 9.47 Å². The fraction of sp³-hybridized carbons (Fsp3) is 0.346. The molecule has 2 aromatic carbocycles. The van der Waals surface area contributed by atoms with Crippen molar-refractivity contribution in [1.82, 2.24) is 14.7 Å². The number of benzene rings is 2. The fourth-order valence-corrected chi connectivity index (χ4v) is 4.10. The number of nitrogens with zero attached hydrogens (tertiary/aromatic N) is 5. The van der Waals surface area contributed by atoms with Gasteiger partial charge in [-0.15, -0.1) is 0 Å². The number of ether oxygens (including phenoxy) is 2. The first kappa shape index (κ1) is 24.7. The van der Waals surface area contributed by atoms with Crippen LogP contribution in [0.4, 0.5) is 10.5 Å². The van der Waals surface area contributed by atoms with Crippen LogP contribution in [0.25, 0.3) is 11.1 Å². The van der Waals surface area contributed by atoms with Crippen molar-refractivity contribution in [3.05, 3.63) is 76.6 Å². The lowest BCUT2D eigenvalue weighted by Crippen LogP contribution is -2.64. The second-order valence-corrected chi connectivity index (χ2v) is 9.75. The lowest BCUT2D eigenvalue weighted by Gasteiger charge is -2.48. The molecule has 4 rings (SSSR count). The first-order valence-corrected chi connectivity index (χ1v) is 11.5. The Morgan fingerprint density at radius 3 is 2.56 bits per heavy atom. The van der Waals surface area contributed by atoms with E-state index >= 15 is 0 Å². The van der Waals surface area contributed by atoms with Crippen molar-refractivity contribution >= 4 is 11.8 Å². The largest absolute Gasteiger partial charge is 0.482 e. The van der Waals surface area contributed by atoms with Crippen molar-refractivity contribution in [2.45, 2.75) is 44.9 Å². The Bertz CT molecular complexity index is 1300. The molecule has 186 valence electrons. The molecule has 0 N–H and O–H groups in total. The molecule has 1 fully saturated rings. The van der Waals surface area contributed by atoms with E-state index < -0.39 is 22.2 Å². The highest BCUT2D eigenvalue weighted by Crippen LogP contribution is 2.40. The summed E-state index contributed by atoms with van der Waals surface area (Å²) in [6, 6.07) is 16.3. The van der Waals surface area contributed by atoms with Crippen LogP contribution in [-0.4, -0.2) is 44.4 Å². The van der Waals surface area contributed by atoms with E-state index in [0.29, 0.717) is 11.1 Å². The summed E-state index contributed by atoms with van der Waals surface area (Å²) in [4.78, 5) is 25.2. The van der Waals surface area contributed by atoms with Gasteiger partial charge in [0.1, 0.15) is 17.7 Å². The Morgan fingerprint density at radius 2 is 1.92 bits per heavy atom. The number of para-hydroxylation sites is 1. The van der Waals surface area contributed by atoms with Gasteiger partial charge in [-0.1, -0.05) is 42.5 Å². The monoisotopic (exact) mass is 489 g/mol. The number of aromatic nitrogens is 2. The summed E-state index contributed by atoms with van der Waals surface area (Å²) in [7, 11) is 0. The Hall–Kier alpha value is -4.39. The third-order valence-corrected chi connectivity index (χ3v) is 5.83. The van der Waals surface area contributed by atoms with Gasteiger partial charge in [-0.05, 0) is 26.3 Å². The summed E-state index contributed by atoms with van der Waals surface area (Å²) >= 11 is 0. The Kier molecular flexibility index (Phi) is 6.66. The molecule has 0 aliphatic carbocycles. The zero-order valence-corrected chi connectivity index (χ0v) is 20.4. The van der Waals surface area contributed by atoms with Gasteiger partial charge in [0.15, 0.2) is 0 Å². The van der Waals surface area contributed by atoms with Gasteiger partial charge in [0.2, 0.25) is 5.75 Å². The number of carbonyl (C=O) groups is 1. The molecule has 0 radical (unpaired) electrons. The molecule has 2 heterocycles. The molecule has 1 saturated heterocycles. The number of nitriles is 1. The summed E-state index contributed by atoms with van der Waals surface area (Å²) in [5.74, 6) is 0.143. The fourth-order valence-electron chi connectivity index (χ4n) is 4.10. The summed E-state index contributed by atoms with van der Waals surface area (Å²) in [5, 5.41) is 25.7. The molecule has 1 aliphatic heterocycles.